The molecule has 3 amide bonds. The molecule has 3 rings (SSSR count). The molecule has 0 saturated carbocycles. The highest BCUT2D eigenvalue weighted by Crippen LogP contribution is 2.29. The first kappa shape index (κ1) is 29.6. The minimum absolute atomic E-state index is 0.105. The first-order valence-electron chi connectivity index (χ1n) is 12.9. The van der Waals surface area contributed by atoms with Crippen LogP contribution in [-0.4, -0.2) is 61.3 Å². The Labute approximate surface area is 229 Å². The molecule has 38 heavy (non-hydrogen) atoms. The Kier molecular flexibility index (Phi) is 9.20. The van der Waals surface area contributed by atoms with E-state index < -0.39 is 35.6 Å². The molecule has 1 aliphatic rings. The third-order valence-corrected chi connectivity index (χ3v) is 6.49. The maximum absolute atomic E-state index is 13.4. The van der Waals surface area contributed by atoms with Gasteiger partial charge in [0, 0.05) is 17.6 Å². The van der Waals surface area contributed by atoms with Crippen molar-refractivity contribution in [2.75, 3.05) is 0 Å². The van der Waals surface area contributed by atoms with Crippen molar-refractivity contribution in [1.82, 2.24) is 30.3 Å². The van der Waals surface area contributed by atoms with Gasteiger partial charge in [0.05, 0.1) is 11.7 Å². The maximum Gasteiger partial charge on any atom is 0.408 e. The molecule has 2 heterocycles. The zero-order valence-corrected chi connectivity index (χ0v) is 24.0. The molecule has 0 radical (unpaired) electrons. The van der Waals surface area contributed by atoms with E-state index in [1.807, 2.05) is 32.9 Å². The summed E-state index contributed by atoms with van der Waals surface area (Å²) in [5, 5.41) is 10.0. The number of halogens is 1. The molecule has 10 nitrogen and oxygen atoms in total. The van der Waals surface area contributed by atoms with Crippen LogP contribution >= 0.6 is 11.6 Å². The first-order chi connectivity index (χ1) is 17.6. The summed E-state index contributed by atoms with van der Waals surface area (Å²) in [6.45, 7) is 13.6. The van der Waals surface area contributed by atoms with Gasteiger partial charge in [-0.1, -0.05) is 32.4 Å². The van der Waals surface area contributed by atoms with E-state index >= 15 is 0 Å². The van der Waals surface area contributed by atoms with Gasteiger partial charge in [-0.05, 0) is 76.1 Å². The molecule has 1 unspecified atom stereocenters. The van der Waals surface area contributed by atoms with E-state index in [0.717, 1.165) is 17.7 Å². The van der Waals surface area contributed by atoms with Gasteiger partial charge in [0.25, 0.3) is 0 Å². The minimum Gasteiger partial charge on any atom is -0.444 e. The molecule has 0 bridgehead atoms. The molecule has 3 atom stereocenters. The number of imide groups is 1. The van der Waals surface area contributed by atoms with Crippen LogP contribution in [0.25, 0.3) is 5.69 Å². The van der Waals surface area contributed by atoms with Crippen molar-refractivity contribution in [3.63, 3.8) is 0 Å². The average molecular weight is 547 g/mol. The van der Waals surface area contributed by atoms with Gasteiger partial charge in [0.1, 0.15) is 24.3 Å². The summed E-state index contributed by atoms with van der Waals surface area (Å²) >= 11 is 6.30. The van der Waals surface area contributed by atoms with Crippen LogP contribution in [0.5, 0.6) is 0 Å². The number of carbonyl (C=O) groups is 3. The summed E-state index contributed by atoms with van der Waals surface area (Å²) in [5.41, 5.74) is 0.707. The highest BCUT2D eigenvalue weighted by atomic mass is 35.5. The fourth-order valence-electron chi connectivity index (χ4n) is 4.58. The minimum atomic E-state index is -0.923. The van der Waals surface area contributed by atoms with E-state index in [4.69, 9.17) is 16.3 Å². The van der Waals surface area contributed by atoms with Crippen molar-refractivity contribution in [3.05, 3.63) is 41.4 Å². The fraction of sp³-hybridized carbons (Fsp3) is 0.593. The van der Waals surface area contributed by atoms with Crippen molar-refractivity contribution in [1.29, 1.82) is 0 Å². The van der Waals surface area contributed by atoms with Crippen LogP contribution in [0.4, 0.5) is 4.79 Å². The normalized spacial score (nSPS) is 19.2. The molecule has 1 fully saturated rings. The highest BCUT2D eigenvalue weighted by Gasteiger charge is 2.38. The third kappa shape index (κ3) is 8.26. The van der Waals surface area contributed by atoms with Crippen molar-refractivity contribution >= 4 is 29.5 Å². The number of alkyl carbamates (subject to hydrolysis) is 1. The molecule has 11 heteroatoms. The molecule has 1 saturated heterocycles. The lowest BCUT2D eigenvalue weighted by Crippen LogP contribution is -2.54. The van der Waals surface area contributed by atoms with E-state index in [-0.39, 0.29) is 11.5 Å². The van der Waals surface area contributed by atoms with Crippen LogP contribution in [-0.2, 0) is 20.9 Å². The van der Waals surface area contributed by atoms with Crippen molar-refractivity contribution < 1.29 is 19.1 Å². The van der Waals surface area contributed by atoms with E-state index in [1.165, 1.54) is 6.33 Å². The lowest BCUT2D eigenvalue weighted by molar-refractivity contribution is -0.135. The first-order valence-corrected chi connectivity index (χ1v) is 13.2. The van der Waals surface area contributed by atoms with Crippen LogP contribution in [0, 0.1) is 5.41 Å². The zero-order chi connectivity index (χ0) is 28.3. The van der Waals surface area contributed by atoms with E-state index in [1.54, 1.807) is 37.8 Å². The Hall–Kier alpha value is -2.98. The Morgan fingerprint density at radius 3 is 2.47 bits per heavy atom. The van der Waals surface area contributed by atoms with Crippen LogP contribution in [0.1, 0.15) is 73.3 Å². The Morgan fingerprint density at radius 2 is 1.87 bits per heavy atom. The molecule has 0 aliphatic carbocycles. The molecule has 208 valence electrons. The van der Waals surface area contributed by atoms with Gasteiger partial charge in [0.15, 0.2) is 0 Å². The lowest BCUT2D eigenvalue weighted by atomic mass is 9.87. The van der Waals surface area contributed by atoms with Crippen molar-refractivity contribution in [2.45, 2.75) is 98.0 Å². The zero-order valence-electron chi connectivity index (χ0n) is 23.2. The number of rotatable bonds is 7. The molecule has 0 spiro atoms. The number of aromatic nitrogens is 3. The van der Waals surface area contributed by atoms with Crippen molar-refractivity contribution in [3.8, 4) is 5.69 Å². The Bertz CT molecular complexity index is 1140. The van der Waals surface area contributed by atoms with E-state index in [2.05, 4.69) is 32.5 Å². The quantitative estimate of drug-likeness (QED) is 0.533. The van der Waals surface area contributed by atoms with Crippen LogP contribution in [0.15, 0.2) is 30.9 Å². The second kappa shape index (κ2) is 11.8. The number of amides is 3. The Morgan fingerprint density at radius 1 is 1.16 bits per heavy atom. The maximum atomic E-state index is 13.4. The van der Waals surface area contributed by atoms with Gasteiger partial charge >= 0.3 is 6.09 Å². The predicted molar refractivity (Wildman–Crippen MR) is 145 cm³/mol. The second-order valence-electron chi connectivity index (χ2n) is 12.0. The van der Waals surface area contributed by atoms with Gasteiger partial charge in [-0.2, -0.15) is 5.10 Å². The van der Waals surface area contributed by atoms with E-state index in [9.17, 15) is 14.4 Å². The number of ether oxygens (including phenoxy) is 1. The number of likely N-dealkylation sites (tertiary alicyclic amines) is 1. The summed E-state index contributed by atoms with van der Waals surface area (Å²) in [5.74, 6) is -0.949. The van der Waals surface area contributed by atoms with E-state index in [0.29, 0.717) is 24.4 Å². The standard InChI is InChI=1S/C27H39ClN6O4/c1-17-8-10-22(33(17)14-18-12-19(28)9-11-21(18)34-16-29-15-30-34)24(36)32-23(35)20(13-26(2,3)4)31-25(37)38-27(5,6)7/h9,11-12,15-17,20,22H,8,10,13-14H2,1-7H3,(H,31,37)(H,32,35,36)/t17?,20-,22+/m1/s1. The molecule has 1 aromatic carbocycles. The summed E-state index contributed by atoms with van der Waals surface area (Å²) in [6, 6.07) is 4.17. The number of nitrogens with zero attached hydrogens (tertiary/aromatic N) is 4. The molecular weight excluding hydrogens is 508 g/mol. The number of carbonyl (C=O) groups excluding carboxylic acids is 3. The SMILES string of the molecule is CC1CC[C@@H](C(=O)NC(=O)[C@@H](CC(C)(C)C)NC(=O)OC(C)(C)C)N1Cc1cc(Cl)ccc1-n1cncn1. The number of hydrogen-bond acceptors (Lipinski definition) is 7. The third-order valence-electron chi connectivity index (χ3n) is 6.26. The van der Waals surface area contributed by atoms with Gasteiger partial charge in [0.2, 0.25) is 11.8 Å². The highest BCUT2D eigenvalue weighted by molar-refractivity contribution is 6.30. The molecule has 2 aromatic rings. The monoisotopic (exact) mass is 546 g/mol. The molecule has 1 aromatic heterocycles. The van der Waals surface area contributed by atoms with Crippen LogP contribution < -0.4 is 10.6 Å². The number of nitrogens with one attached hydrogen (secondary N) is 2. The lowest BCUT2D eigenvalue weighted by Gasteiger charge is -2.30. The van der Waals surface area contributed by atoms with Crippen LogP contribution in [0.3, 0.4) is 0 Å². The summed E-state index contributed by atoms with van der Waals surface area (Å²) in [6.07, 6.45) is 4.09. The summed E-state index contributed by atoms with van der Waals surface area (Å²) < 4.78 is 7.00. The van der Waals surface area contributed by atoms with Gasteiger partial charge in [-0.3, -0.25) is 19.8 Å². The van der Waals surface area contributed by atoms with Gasteiger partial charge < -0.3 is 10.1 Å². The number of benzene rings is 1. The van der Waals surface area contributed by atoms with Crippen LogP contribution in [0.2, 0.25) is 5.02 Å². The molecular formula is C27H39ClN6O4. The predicted octanol–water partition coefficient (Wildman–Crippen LogP) is 4.25. The van der Waals surface area contributed by atoms with Crippen molar-refractivity contribution in [2.24, 2.45) is 5.41 Å². The molecule has 1 aliphatic heterocycles. The molecule has 2 N–H and O–H groups in total. The van der Waals surface area contributed by atoms with Gasteiger partial charge in [-0.15, -0.1) is 0 Å². The Balaban J connectivity index is 1.76. The second-order valence-corrected chi connectivity index (χ2v) is 12.5. The summed E-state index contributed by atoms with van der Waals surface area (Å²) in [7, 11) is 0. The number of hydrogen-bond donors (Lipinski definition) is 2. The van der Waals surface area contributed by atoms with Gasteiger partial charge in [-0.25, -0.2) is 14.5 Å². The topological polar surface area (TPSA) is 118 Å². The largest absolute Gasteiger partial charge is 0.444 e. The summed E-state index contributed by atoms with van der Waals surface area (Å²) in [4.78, 5) is 45.2. The smallest absolute Gasteiger partial charge is 0.408 e. The fourth-order valence-corrected chi connectivity index (χ4v) is 4.78. The average Bonchev–Trinajstić information content (AvgIpc) is 3.42.